The molecule has 0 saturated heterocycles. The maximum atomic E-state index is 9.46. The molecule has 0 spiro atoms. The molecule has 0 bridgehead atoms. The largest absolute Gasteiger partial charge is 0.395 e. The van der Waals surface area contributed by atoms with Crippen LogP contribution in [0.1, 0.15) is 11.1 Å². The van der Waals surface area contributed by atoms with Crippen LogP contribution in [0.5, 0.6) is 0 Å². The summed E-state index contributed by atoms with van der Waals surface area (Å²) in [5, 5.41) is 12.9. The van der Waals surface area contributed by atoms with Gasteiger partial charge in [0.15, 0.2) is 0 Å². The van der Waals surface area contributed by atoms with Crippen LogP contribution in [0.4, 0.5) is 0 Å². The highest BCUT2D eigenvalue weighted by Gasteiger charge is 2.07. The minimum atomic E-state index is 0.0975. The van der Waals surface area contributed by atoms with Crippen LogP contribution in [0.25, 0.3) is 0 Å². The van der Waals surface area contributed by atoms with E-state index >= 15 is 0 Å². The van der Waals surface area contributed by atoms with E-state index < -0.39 is 0 Å². The monoisotopic (exact) mass is 367 g/mol. The van der Waals surface area contributed by atoms with Crippen LogP contribution in [0.3, 0.4) is 0 Å². The van der Waals surface area contributed by atoms with Crippen molar-refractivity contribution in [2.75, 3.05) is 6.61 Å². The molecule has 0 aliphatic carbocycles. The van der Waals surface area contributed by atoms with E-state index in [2.05, 4.69) is 64.3 Å². The van der Waals surface area contributed by atoms with Crippen molar-refractivity contribution in [1.82, 2.24) is 5.32 Å². The molecule has 3 heteroatoms. The first kappa shape index (κ1) is 14.5. The average molecular weight is 367 g/mol. The molecular weight excluding hydrogens is 349 g/mol. The van der Waals surface area contributed by atoms with Gasteiger partial charge in [-0.3, -0.25) is 0 Å². The highest BCUT2D eigenvalue weighted by molar-refractivity contribution is 14.1. The topological polar surface area (TPSA) is 32.3 Å². The van der Waals surface area contributed by atoms with Crippen LogP contribution in [0, 0.1) is 3.57 Å². The number of benzene rings is 2. The number of hydrogen-bond donors (Lipinski definition) is 2. The molecule has 2 nitrogen and oxygen atoms in total. The summed E-state index contributed by atoms with van der Waals surface area (Å²) in [7, 11) is 0. The van der Waals surface area contributed by atoms with Gasteiger partial charge in [-0.2, -0.15) is 0 Å². The van der Waals surface area contributed by atoms with Crippen LogP contribution < -0.4 is 5.32 Å². The van der Waals surface area contributed by atoms with Gasteiger partial charge in [0.25, 0.3) is 0 Å². The molecule has 2 aromatic rings. The van der Waals surface area contributed by atoms with E-state index in [-0.39, 0.29) is 12.6 Å². The first-order valence-corrected chi connectivity index (χ1v) is 7.48. The van der Waals surface area contributed by atoms with Crippen LogP contribution in [0.15, 0.2) is 54.6 Å². The Kier molecular flexibility index (Phi) is 5.82. The van der Waals surface area contributed by atoms with Gasteiger partial charge in [-0.05, 0) is 52.3 Å². The first-order valence-electron chi connectivity index (χ1n) is 6.40. The van der Waals surface area contributed by atoms with E-state index in [9.17, 15) is 5.11 Å². The molecular formula is C16H18INO. The third kappa shape index (κ3) is 4.93. The Morgan fingerprint density at radius 2 is 1.63 bits per heavy atom. The third-order valence-corrected chi connectivity index (χ3v) is 3.77. The molecule has 19 heavy (non-hydrogen) atoms. The Labute approximate surface area is 128 Å². The van der Waals surface area contributed by atoms with Crippen molar-refractivity contribution in [3.8, 4) is 0 Å². The summed E-state index contributed by atoms with van der Waals surface area (Å²) in [5.74, 6) is 0. The van der Waals surface area contributed by atoms with Crippen LogP contribution in [-0.4, -0.2) is 17.8 Å². The summed E-state index contributed by atoms with van der Waals surface area (Å²) in [5.41, 5.74) is 2.49. The van der Waals surface area contributed by atoms with Gasteiger partial charge in [-0.1, -0.05) is 42.5 Å². The number of aliphatic hydroxyl groups is 1. The van der Waals surface area contributed by atoms with Gasteiger partial charge in [0.05, 0.1) is 6.61 Å². The zero-order valence-corrected chi connectivity index (χ0v) is 12.9. The van der Waals surface area contributed by atoms with E-state index in [4.69, 9.17) is 0 Å². The molecule has 0 radical (unpaired) electrons. The summed E-state index contributed by atoms with van der Waals surface area (Å²) in [6.07, 6.45) is 0.847. The normalized spacial score (nSPS) is 12.3. The van der Waals surface area contributed by atoms with Crippen LogP contribution >= 0.6 is 22.6 Å². The summed E-state index contributed by atoms with van der Waals surface area (Å²) in [6, 6.07) is 18.8. The van der Waals surface area contributed by atoms with Crippen molar-refractivity contribution < 1.29 is 5.11 Å². The summed E-state index contributed by atoms with van der Waals surface area (Å²) >= 11 is 2.30. The van der Waals surface area contributed by atoms with E-state index in [1.54, 1.807) is 0 Å². The molecule has 0 aliphatic heterocycles. The SMILES string of the molecule is OC[C@H](Cc1ccc(I)cc1)NCc1ccccc1. The number of hydrogen-bond acceptors (Lipinski definition) is 2. The zero-order chi connectivity index (χ0) is 13.5. The third-order valence-electron chi connectivity index (χ3n) is 3.05. The lowest BCUT2D eigenvalue weighted by Crippen LogP contribution is -2.34. The fourth-order valence-electron chi connectivity index (χ4n) is 1.96. The van der Waals surface area contributed by atoms with Crippen LogP contribution in [0.2, 0.25) is 0 Å². The summed E-state index contributed by atoms with van der Waals surface area (Å²) in [4.78, 5) is 0. The predicted octanol–water partition coefficient (Wildman–Crippen LogP) is 2.98. The second-order valence-electron chi connectivity index (χ2n) is 4.58. The number of aliphatic hydroxyl groups excluding tert-OH is 1. The smallest absolute Gasteiger partial charge is 0.0587 e. The van der Waals surface area contributed by atoms with Gasteiger partial charge in [-0.25, -0.2) is 0 Å². The summed E-state index contributed by atoms with van der Waals surface area (Å²) in [6.45, 7) is 0.940. The minimum absolute atomic E-state index is 0.0975. The fourth-order valence-corrected chi connectivity index (χ4v) is 2.32. The van der Waals surface area contributed by atoms with Crippen molar-refractivity contribution in [2.45, 2.75) is 19.0 Å². The van der Waals surface area contributed by atoms with Crippen molar-refractivity contribution in [1.29, 1.82) is 0 Å². The van der Waals surface area contributed by atoms with Crippen molar-refractivity contribution in [2.24, 2.45) is 0 Å². The van der Waals surface area contributed by atoms with Gasteiger partial charge in [-0.15, -0.1) is 0 Å². The Morgan fingerprint density at radius 3 is 2.26 bits per heavy atom. The van der Waals surface area contributed by atoms with Gasteiger partial charge in [0.2, 0.25) is 0 Å². The quantitative estimate of drug-likeness (QED) is 0.770. The molecule has 1 atom stereocenters. The molecule has 0 aliphatic rings. The van der Waals surface area contributed by atoms with E-state index in [0.717, 1.165) is 13.0 Å². The van der Waals surface area contributed by atoms with Crippen molar-refractivity contribution in [3.05, 3.63) is 69.3 Å². The first-order chi connectivity index (χ1) is 9.28. The number of nitrogens with one attached hydrogen (secondary N) is 1. The molecule has 2 aromatic carbocycles. The van der Waals surface area contributed by atoms with Gasteiger partial charge in [0, 0.05) is 16.2 Å². The molecule has 0 fully saturated rings. The zero-order valence-electron chi connectivity index (χ0n) is 10.7. The molecule has 0 heterocycles. The van der Waals surface area contributed by atoms with E-state index in [1.807, 2.05) is 18.2 Å². The maximum Gasteiger partial charge on any atom is 0.0587 e. The summed E-state index contributed by atoms with van der Waals surface area (Å²) < 4.78 is 1.24. The second-order valence-corrected chi connectivity index (χ2v) is 5.82. The lowest BCUT2D eigenvalue weighted by atomic mass is 10.1. The Balaban J connectivity index is 1.88. The average Bonchev–Trinajstić information content (AvgIpc) is 2.46. The molecule has 2 rings (SSSR count). The molecule has 100 valence electrons. The molecule has 0 unspecified atom stereocenters. The molecule has 0 saturated carbocycles. The molecule has 0 amide bonds. The molecule has 0 aromatic heterocycles. The van der Waals surface area contributed by atoms with Gasteiger partial charge >= 0.3 is 0 Å². The van der Waals surface area contributed by atoms with Crippen molar-refractivity contribution >= 4 is 22.6 Å². The standard InChI is InChI=1S/C16H18INO/c17-15-8-6-13(7-9-15)10-16(12-19)18-11-14-4-2-1-3-5-14/h1-9,16,18-19H,10-12H2/t16-/m0/s1. The maximum absolute atomic E-state index is 9.46. The second kappa shape index (κ2) is 7.62. The Bertz CT molecular complexity index is 484. The minimum Gasteiger partial charge on any atom is -0.395 e. The number of halogens is 1. The highest BCUT2D eigenvalue weighted by Crippen LogP contribution is 2.09. The number of rotatable bonds is 6. The lowest BCUT2D eigenvalue weighted by molar-refractivity contribution is 0.241. The van der Waals surface area contributed by atoms with Crippen molar-refractivity contribution in [3.63, 3.8) is 0 Å². The predicted molar refractivity (Wildman–Crippen MR) is 87.0 cm³/mol. The van der Waals surface area contributed by atoms with Gasteiger partial charge < -0.3 is 10.4 Å². The lowest BCUT2D eigenvalue weighted by Gasteiger charge is -2.16. The fraction of sp³-hybridized carbons (Fsp3) is 0.250. The van der Waals surface area contributed by atoms with E-state index in [0.29, 0.717) is 0 Å². The van der Waals surface area contributed by atoms with Gasteiger partial charge in [0.1, 0.15) is 0 Å². The van der Waals surface area contributed by atoms with E-state index in [1.165, 1.54) is 14.7 Å². The Morgan fingerprint density at radius 1 is 0.947 bits per heavy atom. The molecule has 2 N–H and O–H groups in total. The Hall–Kier alpha value is -0.910. The highest BCUT2D eigenvalue weighted by atomic mass is 127. The van der Waals surface area contributed by atoms with Crippen LogP contribution in [-0.2, 0) is 13.0 Å².